The molecule has 1 fully saturated rings. The zero-order chi connectivity index (χ0) is 11.3. The summed E-state index contributed by atoms with van der Waals surface area (Å²) in [6.07, 6.45) is 0.890. The van der Waals surface area contributed by atoms with Crippen LogP contribution in [0.2, 0.25) is 0 Å². The van der Waals surface area contributed by atoms with Crippen LogP contribution in [0, 0.1) is 5.41 Å². The highest BCUT2D eigenvalue weighted by molar-refractivity contribution is 5.48. The first-order valence-corrected chi connectivity index (χ1v) is 5.07. The van der Waals surface area contributed by atoms with Crippen LogP contribution in [0.3, 0.4) is 0 Å². The first-order chi connectivity index (χ1) is 6.90. The van der Waals surface area contributed by atoms with Crippen LogP contribution in [0.5, 0.6) is 11.5 Å². The number of ether oxygens (including phenoxy) is 1. The molecule has 15 heavy (non-hydrogen) atoms. The average molecular weight is 207 g/mol. The molecule has 1 atom stereocenters. The molecular weight excluding hydrogens is 190 g/mol. The fourth-order valence-electron chi connectivity index (χ4n) is 2.11. The van der Waals surface area contributed by atoms with Gasteiger partial charge in [0.1, 0.15) is 11.5 Å². The van der Waals surface area contributed by atoms with E-state index in [1.54, 1.807) is 19.2 Å². The molecule has 1 unspecified atom stereocenters. The second-order valence-corrected chi connectivity index (χ2v) is 4.92. The first kappa shape index (κ1) is 10.3. The van der Waals surface area contributed by atoms with Gasteiger partial charge in [0.2, 0.25) is 0 Å². The van der Waals surface area contributed by atoms with Crippen molar-refractivity contribution < 1.29 is 9.84 Å². The molecule has 0 saturated heterocycles. The van der Waals surface area contributed by atoms with Gasteiger partial charge in [-0.05, 0) is 30.0 Å². The molecule has 3 heteroatoms. The van der Waals surface area contributed by atoms with Gasteiger partial charge in [0.25, 0.3) is 0 Å². The van der Waals surface area contributed by atoms with Gasteiger partial charge >= 0.3 is 0 Å². The highest BCUT2D eigenvalue weighted by atomic mass is 16.5. The van der Waals surface area contributed by atoms with E-state index in [2.05, 4.69) is 13.8 Å². The second kappa shape index (κ2) is 2.89. The molecule has 3 nitrogen and oxygen atoms in total. The Hall–Kier alpha value is -1.22. The topological polar surface area (TPSA) is 55.5 Å². The van der Waals surface area contributed by atoms with Gasteiger partial charge in [-0.15, -0.1) is 0 Å². The maximum Gasteiger partial charge on any atom is 0.120 e. The number of phenolic OH excluding ortho intramolecular Hbond substituents is 1. The molecule has 3 N–H and O–H groups in total. The Bertz CT molecular complexity index is 401. The minimum atomic E-state index is -0.411. The van der Waals surface area contributed by atoms with Crippen molar-refractivity contribution in [3.8, 4) is 11.5 Å². The van der Waals surface area contributed by atoms with Crippen LogP contribution in [0.15, 0.2) is 18.2 Å². The molecular formula is C12H17NO2. The fourth-order valence-corrected chi connectivity index (χ4v) is 2.11. The fraction of sp³-hybridized carbons (Fsp3) is 0.500. The lowest BCUT2D eigenvalue weighted by Gasteiger charge is -2.17. The van der Waals surface area contributed by atoms with Crippen LogP contribution in [-0.2, 0) is 5.54 Å². The molecule has 0 spiro atoms. The molecule has 0 radical (unpaired) electrons. The number of hydrogen-bond acceptors (Lipinski definition) is 3. The van der Waals surface area contributed by atoms with Crippen LogP contribution in [0.1, 0.15) is 25.8 Å². The van der Waals surface area contributed by atoms with E-state index in [0.717, 1.165) is 17.7 Å². The molecule has 1 saturated carbocycles. The van der Waals surface area contributed by atoms with Crippen LogP contribution in [0.25, 0.3) is 0 Å². The summed E-state index contributed by atoms with van der Waals surface area (Å²) < 4.78 is 5.13. The lowest BCUT2D eigenvalue weighted by molar-refractivity contribution is 0.404. The zero-order valence-corrected chi connectivity index (χ0v) is 9.37. The summed E-state index contributed by atoms with van der Waals surface area (Å²) in [5, 5.41) is 9.80. The van der Waals surface area contributed by atoms with Gasteiger partial charge in [0.15, 0.2) is 0 Å². The lowest BCUT2D eigenvalue weighted by Crippen LogP contribution is -2.25. The highest BCUT2D eigenvalue weighted by Gasteiger charge is 2.60. The lowest BCUT2D eigenvalue weighted by atomic mass is 9.96. The molecule has 0 aliphatic heterocycles. The van der Waals surface area contributed by atoms with Gasteiger partial charge in [-0.3, -0.25) is 0 Å². The minimum absolute atomic E-state index is 0.0524. The number of methoxy groups -OCH3 is 1. The van der Waals surface area contributed by atoms with E-state index in [9.17, 15) is 5.11 Å². The molecule has 0 amide bonds. The Labute approximate surface area is 89.9 Å². The summed E-state index contributed by atoms with van der Waals surface area (Å²) >= 11 is 0. The molecule has 1 aliphatic rings. The number of aromatic hydroxyl groups is 1. The Kier molecular flexibility index (Phi) is 1.98. The monoisotopic (exact) mass is 207 g/mol. The van der Waals surface area contributed by atoms with Crippen molar-refractivity contribution in [2.45, 2.75) is 25.8 Å². The summed E-state index contributed by atoms with van der Waals surface area (Å²) in [7, 11) is 1.61. The highest BCUT2D eigenvalue weighted by Crippen LogP contribution is 2.62. The first-order valence-electron chi connectivity index (χ1n) is 5.07. The van der Waals surface area contributed by atoms with Crippen molar-refractivity contribution in [1.82, 2.24) is 0 Å². The van der Waals surface area contributed by atoms with Crippen LogP contribution in [0.4, 0.5) is 0 Å². The smallest absolute Gasteiger partial charge is 0.120 e. The Morgan fingerprint density at radius 2 is 2.00 bits per heavy atom. The molecule has 82 valence electrons. The maximum absolute atomic E-state index is 9.80. The maximum atomic E-state index is 9.80. The molecule has 1 aromatic carbocycles. The molecule has 0 aromatic heterocycles. The average Bonchev–Trinajstić information content (AvgIpc) is 2.68. The molecule has 1 aliphatic carbocycles. The van der Waals surface area contributed by atoms with Crippen molar-refractivity contribution in [2.24, 2.45) is 11.1 Å². The number of nitrogens with two attached hydrogens (primary N) is 1. The van der Waals surface area contributed by atoms with Gasteiger partial charge in [0.05, 0.1) is 12.6 Å². The van der Waals surface area contributed by atoms with E-state index >= 15 is 0 Å². The molecule has 1 aromatic rings. The standard InChI is InChI=1S/C12H17NO2/c1-11(2)7-12(11,13)9-6-8(15-3)4-5-10(9)14/h4-6,14H,7,13H2,1-3H3. The number of phenols is 1. The van der Waals surface area contributed by atoms with Crippen molar-refractivity contribution in [3.05, 3.63) is 23.8 Å². The van der Waals surface area contributed by atoms with Crippen molar-refractivity contribution in [2.75, 3.05) is 7.11 Å². The van der Waals surface area contributed by atoms with Gasteiger partial charge in [0, 0.05) is 5.56 Å². The van der Waals surface area contributed by atoms with Gasteiger partial charge in [-0.25, -0.2) is 0 Å². The zero-order valence-electron chi connectivity index (χ0n) is 9.37. The summed E-state index contributed by atoms with van der Waals surface area (Å²) in [6, 6.07) is 5.19. The van der Waals surface area contributed by atoms with E-state index in [0.29, 0.717) is 0 Å². The SMILES string of the molecule is COc1ccc(O)c(C2(N)CC2(C)C)c1. The normalized spacial score (nSPS) is 27.5. The van der Waals surface area contributed by atoms with Gasteiger partial charge in [-0.2, -0.15) is 0 Å². The van der Waals surface area contributed by atoms with E-state index in [-0.39, 0.29) is 11.2 Å². The summed E-state index contributed by atoms with van der Waals surface area (Å²) in [5.74, 6) is 0.985. The third-order valence-electron chi connectivity index (χ3n) is 3.49. The number of benzene rings is 1. The van der Waals surface area contributed by atoms with E-state index in [1.807, 2.05) is 6.07 Å². The molecule has 0 bridgehead atoms. The Morgan fingerprint density at radius 1 is 1.40 bits per heavy atom. The largest absolute Gasteiger partial charge is 0.508 e. The van der Waals surface area contributed by atoms with Gasteiger partial charge in [-0.1, -0.05) is 13.8 Å². The minimum Gasteiger partial charge on any atom is -0.508 e. The van der Waals surface area contributed by atoms with Crippen molar-refractivity contribution in [1.29, 1.82) is 0 Å². The molecule has 2 rings (SSSR count). The predicted octanol–water partition coefficient (Wildman–Crippen LogP) is 1.98. The number of rotatable bonds is 2. The van der Waals surface area contributed by atoms with Crippen LogP contribution < -0.4 is 10.5 Å². The summed E-state index contributed by atoms with van der Waals surface area (Å²) in [5.41, 5.74) is 6.68. The van der Waals surface area contributed by atoms with Crippen molar-refractivity contribution >= 4 is 0 Å². The van der Waals surface area contributed by atoms with E-state index in [1.165, 1.54) is 0 Å². The predicted molar refractivity (Wildman–Crippen MR) is 58.9 cm³/mol. The number of hydrogen-bond donors (Lipinski definition) is 2. The second-order valence-electron chi connectivity index (χ2n) is 4.92. The summed E-state index contributed by atoms with van der Waals surface area (Å²) in [4.78, 5) is 0. The van der Waals surface area contributed by atoms with Crippen LogP contribution in [-0.4, -0.2) is 12.2 Å². The quantitative estimate of drug-likeness (QED) is 0.779. The van der Waals surface area contributed by atoms with Crippen LogP contribution >= 0.6 is 0 Å². The third-order valence-corrected chi connectivity index (χ3v) is 3.49. The van der Waals surface area contributed by atoms with Crippen molar-refractivity contribution in [3.63, 3.8) is 0 Å². The Morgan fingerprint density at radius 3 is 2.47 bits per heavy atom. The van der Waals surface area contributed by atoms with E-state index in [4.69, 9.17) is 10.5 Å². The third kappa shape index (κ3) is 1.38. The molecule has 0 heterocycles. The van der Waals surface area contributed by atoms with Gasteiger partial charge < -0.3 is 15.6 Å². The summed E-state index contributed by atoms with van der Waals surface area (Å²) in [6.45, 7) is 4.21. The van der Waals surface area contributed by atoms with E-state index < -0.39 is 5.54 Å². The Balaban J connectivity index is 2.45.